The Morgan fingerprint density at radius 1 is 0.587 bits per heavy atom. The van der Waals surface area contributed by atoms with Crippen molar-refractivity contribution in [3.05, 3.63) is 130 Å². The van der Waals surface area contributed by atoms with Crippen LogP contribution in [0.4, 0.5) is 0 Å². The zero-order chi connectivity index (χ0) is 34.8. The maximum atomic E-state index is 8.58. The number of benzene rings is 2. The molecular weight excluding hydrogens is 584 g/mol. The van der Waals surface area contributed by atoms with Crippen molar-refractivity contribution in [3.8, 4) is 6.07 Å². The minimum Gasteiger partial charge on any atom is -0.346 e. The van der Waals surface area contributed by atoms with Crippen LogP contribution in [0.5, 0.6) is 0 Å². The molecule has 0 amide bonds. The smallest absolute Gasteiger partial charge is 0.137 e. The standard InChI is InChI=1S/C11H14N2.C11H13N.C10H13Cl.C9H13N/c1-11(2,3)9-7-13-10-8(9)5-4-6-12-10;1-11(2,3)10-6-4-9(8-12)5-7-10;1-10(2,3)8-4-6-9(11)7-5-8;1-9(2,3)8-4-6-10-7-5-8/h4-7H,1-3H3,(H,12,13);4-7H,1-3H3;4-7H,1-3H3;4-7H,1-3H3. The predicted octanol–water partition coefficient (Wildman–Crippen LogP) is 11.7. The van der Waals surface area contributed by atoms with Crippen molar-refractivity contribution < 1.29 is 0 Å². The molecule has 3 heterocycles. The van der Waals surface area contributed by atoms with Crippen LogP contribution in [0.2, 0.25) is 5.02 Å². The summed E-state index contributed by atoms with van der Waals surface area (Å²) in [6.07, 6.45) is 7.53. The molecule has 0 aliphatic carbocycles. The molecule has 0 radical (unpaired) electrons. The van der Waals surface area contributed by atoms with Gasteiger partial charge in [0.1, 0.15) is 5.65 Å². The van der Waals surface area contributed by atoms with Crippen molar-refractivity contribution in [1.82, 2.24) is 15.0 Å². The third-order valence-corrected chi connectivity index (χ3v) is 7.65. The molecular formula is C41H53ClN4. The summed E-state index contributed by atoms with van der Waals surface area (Å²) >= 11 is 5.76. The van der Waals surface area contributed by atoms with Crippen LogP contribution >= 0.6 is 11.6 Å². The van der Waals surface area contributed by atoms with Crippen LogP contribution in [-0.4, -0.2) is 15.0 Å². The molecule has 0 spiro atoms. The molecule has 244 valence electrons. The molecule has 0 unspecified atom stereocenters. The lowest BCUT2D eigenvalue weighted by Crippen LogP contribution is -2.10. The summed E-state index contributed by atoms with van der Waals surface area (Å²) in [7, 11) is 0. The van der Waals surface area contributed by atoms with Crippen LogP contribution in [-0.2, 0) is 21.7 Å². The van der Waals surface area contributed by atoms with Crippen LogP contribution < -0.4 is 0 Å². The number of nitrogens with one attached hydrogen (secondary N) is 1. The Hall–Kier alpha value is -3.94. The molecule has 0 aliphatic heterocycles. The van der Waals surface area contributed by atoms with E-state index in [1.54, 1.807) is 0 Å². The molecule has 5 heteroatoms. The lowest BCUT2D eigenvalue weighted by Gasteiger charge is -2.18. The molecule has 3 aromatic heterocycles. The summed E-state index contributed by atoms with van der Waals surface area (Å²) in [6, 6.07) is 26.1. The quantitative estimate of drug-likeness (QED) is 0.184. The fourth-order valence-electron chi connectivity index (χ4n) is 4.42. The molecule has 2 aromatic carbocycles. The molecule has 0 atom stereocenters. The van der Waals surface area contributed by atoms with E-state index in [1.165, 1.54) is 27.6 Å². The Morgan fingerprint density at radius 3 is 1.46 bits per heavy atom. The van der Waals surface area contributed by atoms with Gasteiger partial charge in [-0.1, -0.05) is 119 Å². The number of hydrogen-bond donors (Lipinski definition) is 1. The molecule has 5 rings (SSSR count). The number of aromatic nitrogens is 3. The summed E-state index contributed by atoms with van der Waals surface area (Å²) < 4.78 is 0. The first kappa shape index (κ1) is 38.2. The van der Waals surface area contributed by atoms with E-state index in [4.69, 9.17) is 16.9 Å². The van der Waals surface area contributed by atoms with Gasteiger partial charge in [-0.2, -0.15) is 5.26 Å². The zero-order valence-corrected chi connectivity index (χ0v) is 30.7. The number of fused-ring (bicyclic) bond motifs is 1. The number of hydrogen-bond acceptors (Lipinski definition) is 3. The number of rotatable bonds is 0. The summed E-state index contributed by atoms with van der Waals surface area (Å²) in [6.45, 7) is 26.3. The summed E-state index contributed by atoms with van der Waals surface area (Å²) in [5.41, 5.74) is 7.79. The largest absolute Gasteiger partial charge is 0.346 e. The maximum Gasteiger partial charge on any atom is 0.137 e. The molecule has 0 aliphatic rings. The highest BCUT2D eigenvalue weighted by Gasteiger charge is 2.18. The van der Waals surface area contributed by atoms with Crippen molar-refractivity contribution in [2.75, 3.05) is 0 Å². The fourth-order valence-corrected chi connectivity index (χ4v) is 4.55. The summed E-state index contributed by atoms with van der Waals surface area (Å²) in [5, 5.41) is 10.6. The van der Waals surface area contributed by atoms with E-state index in [1.807, 2.05) is 61.1 Å². The van der Waals surface area contributed by atoms with Crippen LogP contribution in [0.15, 0.2) is 97.6 Å². The minimum absolute atomic E-state index is 0.175. The van der Waals surface area contributed by atoms with Gasteiger partial charge in [0.15, 0.2) is 0 Å². The fraction of sp³-hybridized carbons (Fsp3) is 0.390. The first-order valence-electron chi connectivity index (χ1n) is 15.8. The molecule has 46 heavy (non-hydrogen) atoms. The van der Waals surface area contributed by atoms with Crippen LogP contribution in [0, 0.1) is 11.3 Å². The highest BCUT2D eigenvalue weighted by Crippen LogP contribution is 2.28. The van der Waals surface area contributed by atoms with E-state index >= 15 is 0 Å². The SMILES string of the molecule is CC(C)(C)c1c[nH]c2ncccc12.CC(C)(C)c1ccc(C#N)cc1.CC(C)(C)c1ccc(Cl)cc1.CC(C)(C)c1ccncc1. The number of halogens is 1. The Bertz CT molecular complexity index is 1650. The Labute approximate surface area is 283 Å². The number of pyridine rings is 2. The van der Waals surface area contributed by atoms with Gasteiger partial charge in [-0.3, -0.25) is 4.98 Å². The van der Waals surface area contributed by atoms with Gasteiger partial charge in [-0.15, -0.1) is 0 Å². The highest BCUT2D eigenvalue weighted by molar-refractivity contribution is 6.30. The molecule has 1 N–H and O–H groups in total. The van der Waals surface area contributed by atoms with Gasteiger partial charge in [0.25, 0.3) is 0 Å². The molecule has 0 saturated heterocycles. The Balaban J connectivity index is 0.000000215. The average molecular weight is 637 g/mol. The zero-order valence-electron chi connectivity index (χ0n) is 30.0. The van der Waals surface area contributed by atoms with Gasteiger partial charge in [-0.25, -0.2) is 4.98 Å². The van der Waals surface area contributed by atoms with Crippen LogP contribution in [0.3, 0.4) is 0 Å². The van der Waals surface area contributed by atoms with Crippen molar-refractivity contribution in [3.63, 3.8) is 0 Å². The average Bonchev–Trinajstić information content (AvgIpc) is 3.43. The van der Waals surface area contributed by atoms with Crippen molar-refractivity contribution in [2.24, 2.45) is 0 Å². The van der Waals surface area contributed by atoms with Crippen molar-refractivity contribution >= 4 is 22.6 Å². The number of nitrogens with zero attached hydrogens (tertiary/aromatic N) is 3. The molecule has 0 fully saturated rings. The van der Waals surface area contributed by atoms with Crippen LogP contribution in [0.25, 0.3) is 11.0 Å². The third kappa shape index (κ3) is 12.5. The first-order chi connectivity index (χ1) is 21.2. The van der Waals surface area contributed by atoms with Crippen molar-refractivity contribution in [2.45, 2.75) is 105 Å². The predicted molar refractivity (Wildman–Crippen MR) is 198 cm³/mol. The van der Waals surface area contributed by atoms with Gasteiger partial charge >= 0.3 is 0 Å². The Morgan fingerprint density at radius 2 is 1.04 bits per heavy atom. The van der Waals surface area contributed by atoms with Crippen molar-refractivity contribution in [1.29, 1.82) is 5.26 Å². The van der Waals surface area contributed by atoms with Gasteiger partial charge in [0.2, 0.25) is 0 Å². The number of nitriles is 1. The molecule has 0 saturated carbocycles. The molecule has 4 nitrogen and oxygen atoms in total. The lowest BCUT2D eigenvalue weighted by atomic mass is 9.87. The van der Waals surface area contributed by atoms with E-state index in [-0.39, 0.29) is 21.7 Å². The summed E-state index contributed by atoms with van der Waals surface area (Å²) in [5.74, 6) is 0. The van der Waals surface area contributed by atoms with E-state index in [9.17, 15) is 0 Å². The lowest BCUT2D eigenvalue weighted by molar-refractivity contribution is 0.589. The highest BCUT2D eigenvalue weighted by atomic mass is 35.5. The molecule has 5 aromatic rings. The number of aromatic amines is 1. The normalized spacial score (nSPS) is 11.6. The van der Waals surface area contributed by atoms with E-state index in [2.05, 4.69) is 141 Å². The van der Waals surface area contributed by atoms with Crippen LogP contribution in [0.1, 0.15) is 111 Å². The van der Waals surface area contributed by atoms with Gasteiger partial charge in [-0.05, 0) is 92.4 Å². The monoisotopic (exact) mass is 636 g/mol. The molecule has 0 bridgehead atoms. The number of H-pyrrole nitrogens is 1. The first-order valence-corrected chi connectivity index (χ1v) is 16.2. The van der Waals surface area contributed by atoms with Gasteiger partial charge in [0, 0.05) is 35.2 Å². The van der Waals surface area contributed by atoms with E-state index < -0.39 is 0 Å². The van der Waals surface area contributed by atoms with Gasteiger partial charge < -0.3 is 4.98 Å². The second-order valence-corrected chi connectivity index (χ2v) is 16.0. The van der Waals surface area contributed by atoms with E-state index in [0.29, 0.717) is 0 Å². The summed E-state index contributed by atoms with van der Waals surface area (Å²) in [4.78, 5) is 11.4. The Kier molecular flexibility index (Phi) is 13.3. The maximum absolute atomic E-state index is 8.58. The third-order valence-electron chi connectivity index (χ3n) is 7.40. The van der Waals surface area contributed by atoms with E-state index in [0.717, 1.165) is 16.2 Å². The van der Waals surface area contributed by atoms with Gasteiger partial charge in [0.05, 0.1) is 11.6 Å². The second-order valence-electron chi connectivity index (χ2n) is 15.5. The second kappa shape index (κ2) is 16.1. The topological polar surface area (TPSA) is 65.4 Å². The minimum atomic E-state index is 0.175.